The number of rotatable bonds is 2. The van der Waals surface area contributed by atoms with Crippen LogP contribution in [-0.2, 0) is 0 Å². The summed E-state index contributed by atoms with van der Waals surface area (Å²) in [5, 5.41) is 4.31. The van der Waals surface area contributed by atoms with Gasteiger partial charge in [-0.2, -0.15) is 0 Å². The van der Waals surface area contributed by atoms with E-state index < -0.39 is 0 Å². The fourth-order valence-electron chi connectivity index (χ4n) is 2.35. The monoisotopic (exact) mass is 238 g/mol. The summed E-state index contributed by atoms with van der Waals surface area (Å²) in [7, 11) is 0. The standard InChI is InChI=1S/C13H19ClN2/c1-3-11-9-15-7-8-16(11)13-6-4-5-12(14)10(13)2/h4-6,11,15H,3,7-9H2,1-2H3. The van der Waals surface area contributed by atoms with Crippen molar-refractivity contribution in [3.63, 3.8) is 0 Å². The summed E-state index contributed by atoms with van der Waals surface area (Å²) in [6, 6.07) is 6.77. The van der Waals surface area contributed by atoms with E-state index >= 15 is 0 Å². The molecule has 1 aromatic carbocycles. The van der Waals surface area contributed by atoms with Gasteiger partial charge in [0.25, 0.3) is 0 Å². The van der Waals surface area contributed by atoms with Gasteiger partial charge >= 0.3 is 0 Å². The van der Waals surface area contributed by atoms with Gasteiger partial charge in [-0.25, -0.2) is 0 Å². The summed E-state index contributed by atoms with van der Waals surface area (Å²) in [5.41, 5.74) is 2.49. The Hall–Kier alpha value is -0.730. The van der Waals surface area contributed by atoms with Crippen molar-refractivity contribution in [1.29, 1.82) is 0 Å². The first kappa shape index (κ1) is 11.7. The van der Waals surface area contributed by atoms with Gasteiger partial charge in [0, 0.05) is 36.4 Å². The lowest BCUT2D eigenvalue weighted by Gasteiger charge is -2.38. The number of piperazine rings is 1. The number of hydrogen-bond acceptors (Lipinski definition) is 2. The van der Waals surface area contributed by atoms with Crippen molar-refractivity contribution in [3.05, 3.63) is 28.8 Å². The SMILES string of the molecule is CCC1CNCCN1c1cccc(Cl)c1C. The summed E-state index contributed by atoms with van der Waals surface area (Å²) in [6.07, 6.45) is 1.17. The third-order valence-electron chi connectivity index (χ3n) is 3.37. The number of nitrogens with one attached hydrogen (secondary N) is 1. The summed E-state index contributed by atoms with van der Waals surface area (Å²) >= 11 is 6.18. The van der Waals surface area contributed by atoms with Crippen molar-refractivity contribution in [2.45, 2.75) is 26.3 Å². The van der Waals surface area contributed by atoms with Crippen LogP contribution in [0.4, 0.5) is 5.69 Å². The fraction of sp³-hybridized carbons (Fsp3) is 0.538. The average Bonchev–Trinajstić information content (AvgIpc) is 2.33. The van der Waals surface area contributed by atoms with Crippen LogP contribution in [0.3, 0.4) is 0 Å². The highest BCUT2D eigenvalue weighted by Gasteiger charge is 2.22. The molecule has 0 aliphatic carbocycles. The number of anilines is 1. The molecular formula is C13H19ClN2. The van der Waals surface area contributed by atoms with Crippen molar-refractivity contribution in [3.8, 4) is 0 Å². The molecule has 0 spiro atoms. The third kappa shape index (κ3) is 2.18. The molecule has 0 aromatic heterocycles. The molecule has 0 amide bonds. The summed E-state index contributed by atoms with van der Waals surface area (Å²) in [4.78, 5) is 2.48. The minimum atomic E-state index is 0.589. The van der Waals surface area contributed by atoms with E-state index in [4.69, 9.17) is 11.6 Å². The Kier molecular flexibility index (Phi) is 3.72. The number of benzene rings is 1. The predicted molar refractivity (Wildman–Crippen MR) is 70.5 cm³/mol. The maximum atomic E-state index is 6.18. The van der Waals surface area contributed by atoms with Crippen LogP contribution in [0, 0.1) is 6.92 Å². The van der Waals surface area contributed by atoms with E-state index in [9.17, 15) is 0 Å². The molecule has 1 fully saturated rings. The molecule has 2 nitrogen and oxygen atoms in total. The first-order valence-electron chi connectivity index (χ1n) is 5.96. The second kappa shape index (κ2) is 5.07. The molecule has 1 heterocycles. The van der Waals surface area contributed by atoms with E-state index in [2.05, 4.69) is 30.1 Å². The molecule has 1 N–H and O–H groups in total. The summed E-state index contributed by atoms with van der Waals surface area (Å²) in [6.45, 7) is 7.54. The van der Waals surface area contributed by atoms with Crippen molar-refractivity contribution in [1.82, 2.24) is 5.32 Å². The van der Waals surface area contributed by atoms with Crippen LogP contribution in [0.5, 0.6) is 0 Å². The zero-order chi connectivity index (χ0) is 11.5. The van der Waals surface area contributed by atoms with Crippen LogP contribution in [-0.4, -0.2) is 25.7 Å². The quantitative estimate of drug-likeness (QED) is 0.853. The van der Waals surface area contributed by atoms with E-state index in [1.807, 2.05) is 12.1 Å². The van der Waals surface area contributed by atoms with Crippen LogP contribution in [0.1, 0.15) is 18.9 Å². The second-order valence-electron chi connectivity index (χ2n) is 4.34. The van der Waals surface area contributed by atoms with Crippen LogP contribution in [0.2, 0.25) is 5.02 Å². The molecule has 1 unspecified atom stereocenters. The van der Waals surface area contributed by atoms with Crippen molar-refractivity contribution in [2.75, 3.05) is 24.5 Å². The van der Waals surface area contributed by atoms with Crippen LogP contribution in [0.15, 0.2) is 18.2 Å². The fourth-order valence-corrected chi connectivity index (χ4v) is 2.52. The molecule has 3 heteroatoms. The highest BCUT2D eigenvalue weighted by Crippen LogP contribution is 2.28. The molecule has 16 heavy (non-hydrogen) atoms. The Morgan fingerprint density at radius 2 is 2.31 bits per heavy atom. The topological polar surface area (TPSA) is 15.3 Å². The molecule has 1 saturated heterocycles. The second-order valence-corrected chi connectivity index (χ2v) is 4.75. The van der Waals surface area contributed by atoms with Gasteiger partial charge < -0.3 is 10.2 Å². The first-order chi connectivity index (χ1) is 7.74. The Morgan fingerprint density at radius 1 is 1.50 bits per heavy atom. The van der Waals surface area contributed by atoms with E-state index in [1.165, 1.54) is 17.7 Å². The van der Waals surface area contributed by atoms with E-state index in [0.717, 1.165) is 24.7 Å². The largest absolute Gasteiger partial charge is 0.366 e. The number of halogens is 1. The molecule has 0 saturated carbocycles. The molecule has 0 radical (unpaired) electrons. The van der Waals surface area contributed by atoms with Crippen LogP contribution in [0.25, 0.3) is 0 Å². The number of hydrogen-bond donors (Lipinski definition) is 1. The summed E-state index contributed by atoms with van der Waals surface area (Å²) in [5.74, 6) is 0. The molecule has 1 aliphatic rings. The molecule has 88 valence electrons. The minimum Gasteiger partial charge on any atom is -0.366 e. The predicted octanol–water partition coefficient (Wildman–Crippen LogP) is 2.84. The zero-order valence-electron chi connectivity index (χ0n) is 9.96. The third-order valence-corrected chi connectivity index (χ3v) is 3.78. The minimum absolute atomic E-state index is 0.589. The molecule has 2 rings (SSSR count). The lowest BCUT2D eigenvalue weighted by Crippen LogP contribution is -2.51. The zero-order valence-corrected chi connectivity index (χ0v) is 10.7. The maximum absolute atomic E-state index is 6.18. The highest BCUT2D eigenvalue weighted by atomic mass is 35.5. The Balaban J connectivity index is 2.30. The Morgan fingerprint density at radius 3 is 3.06 bits per heavy atom. The molecule has 1 aromatic rings. The Bertz CT molecular complexity index is 365. The van der Waals surface area contributed by atoms with Gasteiger partial charge in [-0.3, -0.25) is 0 Å². The summed E-state index contributed by atoms with van der Waals surface area (Å²) < 4.78 is 0. The van der Waals surface area contributed by atoms with Gasteiger partial charge in [0.05, 0.1) is 0 Å². The van der Waals surface area contributed by atoms with Gasteiger partial charge in [0.2, 0.25) is 0 Å². The van der Waals surface area contributed by atoms with Crippen molar-refractivity contribution in [2.24, 2.45) is 0 Å². The van der Waals surface area contributed by atoms with E-state index in [0.29, 0.717) is 6.04 Å². The van der Waals surface area contributed by atoms with Gasteiger partial charge in [-0.05, 0) is 31.0 Å². The van der Waals surface area contributed by atoms with Gasteiger partial charge in [-0.15, -0.1) is 0 Å². The first-order valence-corrected chi connectivity index (χ1v) is 6.34. The van der Waals surface area contributed by atoms with Crippen LogP contribution < -0.4 is 10.2 Å². The smallest absolute Gasteiger partial charge is 0.0455 e. The van der Waals surface area contributed by atoms with Gasteiger partial charge in [0.1, 0.15) is 0 Å². The van der Waals surface area contributed by atoms with Crippen molar-refractivity contribution >= 4 is 17.3 Å². The van der Waals surface area contributed by atoms with Gasteiger partial charge in [-0.1, -0.05) is 24.6 Å². The lowest BCUT2D eigenvalue weighted by molar-refractivity contribution is 0.466. The van der Waals surface area contributed by atoms with E-state index in [1.54, 1.807) is 0 Å². The normalized spacial score (nSPS) is 21.2. The number of nitrogens with zero attached hydrogens (tertiary/aromatic N) is 1. The Labute approximate surface area is 103 Å². The van der Waals surface area contributed by atoms with Crippen molar-refractivity contribution < 1.29 is 0 Å². The molecule has 1 aliphatic heterocycles. The lowest BCUT2D eigenvalue weighted by atomic mass is 10.1. The highest BCUT2D eigenvalue weighted by molar-refractivity contribution is 6.31. The molecule has 0 bridgehead atoms. The average molecular weight is 239 g/mol. The maximum Gasteiger partial charge on any atom is 0.0455 e. The van der Waals surface area contributed by atoms with Crippen LogP contribution >= 0.6 is 11.6 Å². The molecular weight excluding hydrogens is 220 g/mol. The molecule has 1 atom stereocenters. The van der Waals surface area contributed by atoms with E-state index in [-0.39, 0.29) is 0 Å². The van der Waals surface area contributed by atoms with Gasteiger partial charge in [0.15, 0.2) is 0 Å².